The first-order valence-corrected chi connectivity index (χ1v) is 6.57. The van der Waals surface area contributed by atoms with Gasteiger partial charge in [-0.15, -0.1) is 0 Å². The summed E-state index contributed by atoms with van der Waals surface area (Å²) >= 11 is 0. The number of fused-ring (bicyclic) bond motifs is 1. The van der Waals surface area contributed by atoms with Crippen LogP contribution in [0.1, 0.15) is 18.4 Å². The number of aromatic nitrogens is 1. The summed E-state index contributed by atoms with van der Waals surface area (Å²) in [6.07, 6.45) is 3.86. The number of hydrogen-bond donors (Lipinski definition) is 2. The molecule has 1 saturated carbocycles. The summed E-state index contributed by atoms with van der Waals surface area (Å²) in [6, 6.07) is 6.71. The van der Waals surface area contributed by atoms with Gasteiger partial charge in [-0.3, -0.25) is 4.98 Å². The summed E-state index contributed by atoms with van der Waals surface area (Å²) in [4.78, 5) is 4.32. The Kier molecular flexibility index (Phi) is 3.21. The van der Waals surface area contributed by atoms with Crippen LogP contribution in [-0.4, -0.2) is 23.2 Å². The van der Waals surface area contributed by atoms with E-state index in [4.69, 9.17) is 0 Å². The highest BCUT2D eigenvalue weighted by Gasteiger charge is 2.41. The fraction of sp³-hybridized carbons (Fsp3) is 0.400. The third-order valence-electron chi connectivity index (χ3n) is 3.86. The zero-order valence-electron chi connectivity index (χ0n) is 10.7. The van der Waals surface area contributed by atoms with Crippen LogP contribution in [0.4, 0.5) is 4.39 Å². The van der Waals surface area contributed by atoms with Crippen molar-refractivity contribution in [1.82, 2.24) is 10.3 Å². The van der Waals surface area contributed by atoms with Crippen molar-refractivity contribution >= 4 is 10.9 Å². The van der Waals surface area contributed by atoms with Gasteiger partial charge in [-0.05, 0) is 36.6 Å². The van der Waals surface area contributed by atoms with Crippen LogP contribution in [0.2, 0.25) is 0 Å². The molecule has 0 radical (unpaired) electrons. The predicted octanol–water partition coefficient (Wildman–Crippen LogP) is 2.24. The largest absolute Gasteiger partial charge is 0.396 e. The second-order valence-corrected chi connectivity index (χ2v) is 5.40. The Bertz CT molecular complexity index is 596. The van der Waals surface area contributed by atoms with Crippen LogP contribution in [0.3, 0.4) is 0 Å². The molecule has 1 fully saturated rings. The molecule has 100 valence electrons. The SMILES string of the molecule is OCC1(CNCc2cc(F)cc3cccnc23)CC1. The molecule has 2 aromatic rings. The van der Waals surface area contributed by atoms with E-state index in [9.17, 15) is 9.50 Å². The van der Waals surface area contributed by atoms with Gasteiger partial charge in [0, 0.05) is 36.7 Å². The molecular weight excluding hydrogens is 243 g/mol. The van der Waals surface area contributed by atoms with Gasteiger partial charge in [0.05, 0.1) is 5.52 Å². The maximum Gasteiger partial charge on any atom is 0.124 e. The van der Waals surface area contributed by atoms with E-state index in [1.165, 1.54) is 12.1 Å². The molecule has 1 aromatic heterocycles. The minimum absolute atomic E-state index is 0.0660. The van der Waals surface area contributed by atoms with Crippen LogP contribution in [0.15, 0.2) is 30.5 Å². The van der Waals surface area contributed by atoms with Crippen molar-refractivity contribution < 1.29 is 9.50 Å². The van der Waals surface area contributed by atoms with Gasteiger partial charge in [-0.1, -0.05) is 6.07 Å². The molecule has 1 aliphatic rings. The summed E-state index contributed by atoms with van der Waals surface area (Å²) in [5, 5.41) is 13.4. The average Bonchev–Trinajstić information content (AvgIpc) is 3.19. The standard InChI is InChI=1S/C15H17FN2O/c16-13-6-11-2-1-5-18-14(11)12(7-13)8-17-9-15(10-19)3-4-15/h1-2,5-7,17,19H,3-4,8-10H2. The molecule has 19 heavy (non-hydrogen) atoms. The van der Waals surface area contributed by atoms with E-state index in [1.807, 2.05) is 12.1 Å². The van der Waals surface area contributed by atoms with E-state index in [0.29, 0.717) is 6.54 Å². The number of aliphatic hydroxyl groups excluding tert-OH is 1. The molecule has 3 nitrogen and oxygen atoms in total. The Hall–Kier alpha value is -1.52. The maximum absolute atomic E-state index is 13.5. The van der Waals surface area contributed by atoms with Crippen LogP contribution in [0, 0.1) is 11.2 Å². The molecule has 3 rings (SSSR count). The minimum Gasteiger partial charge on any atom is -0.396 e. The van der Waals surface area contributed by atoms with Crippen LogP contribution < -0.4 is 5.32 Å². The predicted molar refractivity (Wildman–Crippen MR) is 72.2 cm³/mol. The van der Waals surface area contributed by atoms with Gasteiger partial charge in [0.2, 0.25) is 0 Å². The van der Waals surface area contributed by atoms with Gasteiger partial charge in [0.1, 0.15) is 5.82 Å². The molecule has 1 aromatic carbocycles. The zero-order chi connectivity index (χ0) is 13.3. The summed E-state index contributed by atoms with van der Waals surface area (Å²) in [5.74, 6) is -0.236. The Morgan fingerprint density at radius 3 is 2.95 bits per heavy atom. The highest BCUT2D eigenvalue weighted by molar-refractivity contribution is 5.81. The van der Waals surface area contributed by atoms with E-state index in [1.54, 1.807) is 6.20 Å². The van der Waals surface area contributed by atoms with Crippen molar-refractivity contribution in [2.24, 2.45) is 5.41 Å². The molecule has 0 amide bonds. The average molecular weight is 260 g/mol. The number of nitrogens with zero attached hydrogens (tertiary/aromatic N) is 1. The van der Waals surface area contributed by atoms with Crippen molar-refractivity contribution in [2.45, 2.75) is 19.4 Å². The molecular formula is C15H17FN2O. The van der Waals surface area contributed by atoms with Crippen molar-refractivity contribution in [3.8, 4) is 0 Å². The smallest absolute Gasteiger partial charge is 0.124 e. The normalized spacial score (nSPS) is 16.7. The zero-order valence-corrected chi connectivity index (χ0v) is 10.7. The Morgan fingerprint density at radius 1 is 1.37 bits per heavy atom. The number of aliphatic hydroxyl groups is 1. The Labute approximate surface area is 111 Å². The van der Waals surface area contributed by atoms with E-state index in [0.717, 1.165) is 35.9 Å². The second-order valence-electron chi connectivity index (χ2n) is 5.40. The number of pyridine rings is 1. The summed E-state index contributed by atoms with van der Waals surface area (Å²) in [6.45, 7) is 1.57. The van der Waals surface area contributed by atoms with Gasteiger partial charge in [-0.2, -0.15) is 0 Å². The highest BCUT2D eigenvalue weighted by atomic mass is 19.1. The fourth-order valence-corrected chi connectivity index (χ4v) is 2.39. The van der Waals surface area contributed by atoms with Crippen LogP contribution >= 0.6 is 0 Å². The van der Waals surface area contributed by atoms with E-state index in [2.05, 4.69) is 10.3 Å². The molecule has 0 spiro atoms. The highest BCUT2D eigenvalue weighted by Crippen LogP contribution is 2.44. The van der Waals surface area contributed by atoms with Gasteiger partial charge in [-0.25, -0.2) is 4.39 Å². The van der Waals surface area contributed by atoms with E-state index in [-0.39, 0.29) is 17.8 Å². The number of nitrogens with one attached hydrogen (secondary N) is 1. The molecule has 0 atom stereocenters. The lowest BCUT2D eigenvalue weighted by molar-refractivity contribution is 0.207. The number of benzene rings is 1. The molecule has 1 aliphatic carbocycles. The van der Waals surface area contributed by atoms with Gasteiger partial charge < -0.3 is 10.4 Å². The number of hydrogen-bond acceptors (Lipinski definition) is 3. The van der Waals surface area contributed by atoms with Gasteiger partial charge >= 0.3 is 0 Å². The Morgan fingerprint density at radius 2 is 2.21 bits per heavy atom. The molecule has 0 aliphatic heterocycles. The molecule has 0 saturated heterocycles. The first-order chi connectivity index (χ1) is 9.22. The third kappa shape index (κ3) is 2.60. The first-order valence-electron chi connectivity index (χ1n) is 6.57. The monoisotopic (exact) mass is 260 g/mol. The topological polar surface area (TPSA) is 45.1 Å². The Balaban J connectivity index is 1.76. The molecule has 1 heterocycles. The summed E-state index contributed by atoms with van der Waals surface area (Å²) in [7, 11) is 0. The lowest BCUT2D eigenvalue weighted by Crippen LogP contribution is -2.26. The number of rotatable bonds is 5. The van der Waals surface area contributed by atoms with Crippen LogP contribution in [0.5, 0.6) is 0 Å². The summed E-state index contributed by atoms with van der Waals surface area (Å²) < 4.78 is 13.5. The van der Waals surface area contributed by atoms with Crippen LogP contribution in [0.25, 0.3) is 10.9 Å². The van der Waals surface area contributed by atoms with E-state index < -0.39 is 0 Å². The fourth-order valence-electron chi connectivity index (χ4n) is 2.39. The van der Waals surface area contributed by atoms with Gasteiger partial charge in [0.25, 0.3) is 0 Å². The summed E-state index contributed by atoms with van der Waals surface area (Å²) in [5.41, 5.74) is 1.77. The lowest BCUT2D eigenvalue weighted by atomic mass is 10.1. The molecule has 0 unspecified atom stereocenters. The maximum atomic E-state index is 13.5. The molecule has 4 heteroatoms. The van der Waals surface area contributed by atoms with Crippen LogP contribution in [-0.2, 0) is 6.54 Å². The van der Waals surface area contributed by atoms with Gasteiger partial charge in [0.15, 0.2) is 0 Å². The second kappa shape index (κ2) is 4.87. The quantitative estimate of drug-likeness (QED) is 0.866. The molecule has 2 N–H and O–H groups in total. The minimum atomic E-state index is -0.236. The van der Waals surface area contributed by atoms with E-state index >= 15 is 0 Å². The molecule has 0 bridgehead atoms. The number of halogens is 1. The van der Waals surface area contributed by atoms with Crippen molar-refractivity contribution in [2.75, 3.05) is 13.2 Å². The van der Waals surface area contributed by atoms with Crippen molar-refractivity contribution in [1.29, 1.82) is 0 Å². The van der Waals surface area contributed by atoms with Crippen molar-refractivity contribution in [3.63, 3.8) is 0 Å². The lowest BCUT2D eigenvalue weighted by Gasteiger charge is -2.13. The third-order valence-corrected chi connectivity index (χ3v) is 3.86. The van der Waals surface area contributed by atoms with Crippen molar-refractivity contribution in [3.05, 3.63) is 41.8 Å². The first kappa shape index (κ1) is 12.5.